The molecule has 0 fully saturated rings. The summed E-state index contributed by atoms with van der Waals surface area (Å²) >= 11 is 9.46. The van der Waals surface area contributed by atoms with Crippen molar-refractivity contribution in [2.75, 3.05) is 6.61 Å². The molecule has 4 aromatic carbocycles. The number of ether oxygens (including phenoxy) is 2. The minimum atomic E-state index is -0.543. The average Bonchev–Trinajstić information content (AvgIpc) is 2.84. The molecule has 1 N–H and O–H groups in total. The zero-order valence-electron chi connectivity index (χ0n) is 17.7. The number of rotatable bonds is 7. The number of nitrogens with zero attached hydrogens (tertiary/aromatic N) is 1. The van der Waals surface area contributed by atoms with Gasteiger partial charge in [-0.3, -0.25) is 4.79 Å². The fourth-order valence-corrected chi connectivity index (χ4v) is 3.65. The lowest BCUT2D eigenvalue weighted by Gasteiger charge is -2.07. The maximum atomic E-state index is 12.2. The van der Waals surface area contributed by atoms with Gasteiger partial charge in [0.05, 0.1) is 16.8 Å². The zero-order valence-corrected chi connectivity index (χ0v) is 20.0. The van der Waals surface area contributed by atoms with Crippen LogP contribution in [0.5, 0.6) is 11.5 Å². The van der Waals surface area contributed by atoms with Gasteiger partial charge in [-0.2, -0.15) is 5.10 Å². The van der Waals surface area contributed by atoms with Crippen LogP contribution in [-0.4, -0.2) is 24.7 Å². The summed E-state index contributed by atoms with van der Waals surface area (Å²) in [6, 6.07) is 24.9. The smallest absolute Gasteiger partial charge is 0.345 e. The number of fused-ring (bicyclic) bond motifs is 1. The molecule has 0 unspecified atom stereocenters. The summed E-state index contributed by atoms with van der Waals surface area (Å²) in [5.74, 6) is 0.0223. The molecule has 8 heteroatoms. The Morgan fingerprint density at radius 1 is 0.912 bits per heavy atom. The fourth-order valence-electron chi connectivity index (χ4n) is 3.06. The number of amides is 1. The number of hydrogen-bond acceptors (Lipinski definition) is 5. The van der Waals surface area contributed by atoms with Crippen molar-refractivity contribution >= 4 is 56.4 Å². The van der Waals surface area contributed by atoms with Gasteiger partial charge in [-0.1, -0.05) is 51.8 Å². The first kappa shape index (κ1) is 23.5. The molecular weight excluding hydrogens is 520 g/mol. The van der Waals surface area contributed by atoms with Gasteiger partial charge in [-0.05, 0) is 77.0 Å². The third-order valence-electron chi connectivity index (χ3n) is 4.73. The second-order valence-electron chi connectivity index (χ2n) is 7.17. The highest BCUT2D eigenvalue weighted by Gasteiger charge is 2.12. The second kappa shape index (κ2) is 11.0. The number of hydrogen-bond donors (Lipinski definition) is 1. The predicted octanol–water partition coefficient (Wildman–Crippen LogP) is 6.00. The summed E-state index contributed by atoms with van der Waals surface area (Å²) in [7, 11) is 0. The molecule has 0 spiro atoms. The first-order valence-electron chi connectivity index (χ1n) is 10.2. The first-order valence-corrected chi connectivity index (χ1v) is 11.4. The van der Waals surface area contributed by atoms with Crippen molar-refractivity contribution in [1.82, 2.24) is 5.43 Å². The molecule has 0 aliphatic rings. The van der Waals surface area contributed by atoms with E-state index in [0.29, 0.717) is 22.1 Å². The number of nitrogens with one attached hydrogen (secondary N) is 1. The molecule has 34 heavy (non-hydrogen) atoms. The quantitative estimate of drug-likeness (QED) is 0.136. The molecule has 0 heterocycles. The summed E-state index contributed by atoms with van der Waals surface area (Å²) in [5.41, 5.74) is 3.42. The predicted molar refractivity (Wildman–Crippen MR) is 136 cm³/mol. The van der Waals surface area contributed by atoms with E-state index in [1.54, 1.807) is 48.5 Å². The maximum Gasteiger partial charge on any atom is 0.345 e. The minimum absolute atomic E-state index is 0.170. The van der Waals surface area contributed by atoms with E-state index < -0.39 is 11.9 Å². The second-order valence-corrected chi connectivity index (χ2v) is 8.50. The zero-order chi connectivity index (χ0) is 23.9. The molecule has 0 saturated carbocycles. The van der Waals surface area contributed by atoms with Crippen LogP contribution in [0.25, 0.3) is 10.8 Å². The van der Waals surface area contributed by atoms with Gasteiger partial charge in [-0.15, -0.1) is 0 Å². The number of carbonyl (C=O) groups is 2. The van der Waals surface area contributed by atoms with Gasteiger partial charge >= 0.3 is 5.97 Å². The van der Waals surface area contributed by atoms with Crippen LogP contribution in [-0.2, 0) is 4.79 Å². The van der Waals surface area contributed by atoms with Crippen LogP contribution < -0.4 is 14.9 Å². The summed E-state index contributed by atoms with van der Waals surface area (Å²) in [6.45, 7) is -0.170. The Kier molecular flexibility index (Phi) is 7.57. The highest BCUT2D eigenvalue weighted by molar-refractivity contribution is 9.10. The molecular formula is C26H18BrClN2O4. The van der Waals surface area contributed by atoms with E-state index >= 15 is 0 Å². The molecule has 1 amide bonds. The minimum Gasteiger partial charge on any atom is -0.484 e. The Balaban J connectivity index is 1.26. The number of hydrazone groups is 1. The molecule has 0 atom stereocenters. The molecule has 4 rings (SSSR count). The molecule has 6 nitrogen and oxygen atoms in total. The van der Waals surface area contributed by atoms with Gasteiger partial charge in [-0.25, -0.2) is 10.2 Å². The Morgan fingerprint density at radius 3 is 2.41 bits per heavy atom. The monoisotopic (exact) mass is 536 g/mol. The van der Waals surface area contributed by atoms with E-state index in [1.165, 1.54) is 6.21 Å². The van der Waals surface area contributed by atoms with Crippen molar-refractivity contribution in [2.45, 2.75) is 0 Å². The van der Waals surface area contributed by atoms with Crippen LogP contribution in [0.15, 0.2) is 94.5 Å². The van der Waals surface area contributed by atoms with Crippen molar-refractivity contribution in [2.24, 2.45) is 5.10 Å². The largest absolute Gasteiger partial charge is 0.484 e. The van der Waals surface area contributed by atoms with Gasteiger partial charge in [0.15, 0.2) is 6.61 Å². The van der Waals surface area contributed by atoms with E-state index in [1.807, 2.05) is 36.4 Å². The Labute approximate surface area is 209 Å². The number of carbonyl (C=O) groups excluding carboxylic acids is 2. The van der Waals surface area contributed by atoms with E-state index in [0.717, 1.165) is 15.2 Å². The van der Waals surface area contributed by atoms with Crippen molar-refractivity contribution in [1.29, 1.82) is 0 Å². The lowest BCUT2D eigenvalue weighted by atomic mass is 10.1. The average molecular weight is 538 g/mol. The molecule has 170 valence electrons. The van der Waals surface area contributed by atoms with Crippen molar-refractivity contribution in [3.63, 3.8) is 0 Å². The third-order valence-corrected chi connectivity index (χ3v) is 5.55. The first-order chi connectivity index (χ1) is 16.5. The maximum absolute atomic E-state index is 12.2. The van der Waals surface area contributed by atoms with E-state index in [-0.39, 0.29) is 12.2 Å². The van der Waals surface area contributed by atoms with Gasteiger partial charge in [0.2, 0.25) is 0 Å². The Bertz CT molecular complexity index is 1370. The normalized spacial score (nSPS) is 10.9. The molecule has 0 radical (unpaired) electrons. The summed E-state index contributed by atoms with van der Waals surface area (Å²) < 4.78 is 11.9. The highest BCUT2D eigenvalue weighted by atomic mass is 79.9. The van der Waals surface area contributed by atoms with E-state index in [4.69, 9.17) is 21.1 Å². The summed E-state index contributed by atoms with van der Waals surface area (Å²) in [5, 5.41) is 6.34. The number of benzene rings is 4. The summed E-state index contributed by atoms with van der Waals surface area (Å²) in [6.07, 6.45) is 1.48. The third kappa shape index (κ3) is 6.21. The number of halogens is 2. The standard InChI is InChI=1S/C26H18BrClN2O4/c27-20-9-7-19-14-22(12-8-18(19)13-20)33-16-25(31)30-29-15-17-5-10-21(11-6-17)34-26(32)23-3-1-2-4-24(23)28/h1-15H,16H2,(H,30,31)/b29-15+. The highest BCUT2D eigenvalue weighted by Crippen LogP contribution is 2.24. The van der Waals surface area contributed by atoms with Gasteiger partial charge in [0.1, 0.15) is 11.5 Å². The van der Waals surface area contributed by atoms with Crippen LogP contribution in [0.3, 0.4) is 0 Å². The molecule has 0 aromatic heterocycles. The van der Waals surface area contributed by atoms with Gasteiger partial charge < -0.3 is 9.47 Å². The number of esters is 1. The van der Waals surface area contributed by atoms with Crippen molar-refractivity contribution in [3.8, 4) is 11.5 Å². The van der Waals surface area contributed by atoms with Crippen LogP contribution in [0, 0.1) is 0 Å². The lowest BCUT2D eigenvalue weighted by Crippen LogP contribution is -2.24. The molecule has 0 saturated heterocycles. The molecule has 0 aliphatic heterocycles. The van der Waals surface area contributed by atoms with Crippen LogP contribution in [0.2, 0.25) is 5.02 Å². The van der Waals surface area contributed by atoms with Crippen LogP contribution >= 0.6 is 27.5 Å². The van der Waals surface area contributed by atoms with Crippen LogP contribution in [0.4, 0.5) is 0 Å². The SMILES string of the molecule is O=C(COc1ccc2cc(Br)ccc2c1)N/N=C/c1ccc(OC(=O)c2ccccc2Cl)cc1. The topological polar surface area (TPSA) is 77.0 Å². The van der Waals surface area contributed by atoms with Crippen LogP contribution in [0.1, 0.15) is 15.9 Å². The van der Waals surface area contributed by atoms with E-state index in [9.17, 15) is 9.59 Å². The van der Waals surface area contributed by atoms with Gasteiger partial charge in [0.25, 0.3) is 5.91 Å². The fraction of sp³-hybridized carbons (Fsp3) is 0.0385. The Hall–Kier alpha value is -3.68. The Morgan fingerprint density at radius 2 is 1.62 bits per heavy atom. The van der Waals surface area contributed by atoms with Gasteiger partial charge in [0, 0.05) is 4.47 Å². The van der Waals surface area contributed by atoms with Crippen molar-refractivity contribution in [3.05, 3.63) is 106 Å². The molecule has 4 aromatic rings. The van der Waals surface area contributed by atoms with E-state index in [2.05, 4.69) is 26.5 Å². The molecule has 0 aliphatic carbocycles. The lowest BCUT2D eigenvalue weighted by molar-refractivity contribution is -0.123. The summed E-state index contributed by atoms with van der Waals surface area (Å²) in [4.78, 5) is 24.2. The van der Waals surface area contributed by atoms with Crippen molar-refractivity contribution < 1.29 is 19.1 Å². The molecule has 0 bridgehead atoms.